The van der Waals surface area contributed by atoms with Gasteiger partial charge < -0.3 is 10.1 Å². The Kier molecular flexibility index (Phi) is 4.56. The molecule has 0 bridgehead atoms. The zero-order chi connectivity index (χ0) is 14.7. The second kappa shape index (κ2) is 6.58. The SMILES string of the molecule is CCc1ccc(COc2ccc(F)cc2CNC2CC2)s1. The molecule has 1 saturated carbocycles. The van der Waals surface area contributed by atoms with Gasteiger partial charge in [-0.2, -0.15) is 0 Å². The Morgan fingerprint density at radius 3 is 2.76 bits per heavy atom. The standard InChI is InChI=1S/C17H20FNOS/c1-2-15-6-7-16(21-15)11-20-17-8-3-13(18)9-12(17)10-19-14-4-5-14/h3,6-9,14,19H,2,4-5,10-11H2,1H3. The fourth-order valence-electron chi connectivity index (χ4n) is 2.21. The molecule has 21 heavy (non-hydrogen) atoms. The van der Waals surface area contributed by atoms with Gasteiger partial charge in [0.25, 0.3) is 0 Å². The van der Waals surface area contributed by atoms with Gasteiger partial charge >= 0.3 is 0 Å². The summed E-state index contributed by atoms with van der Waals surface area (Å²) in [5.41, 5.74) is 0.897. The normalized spacial score (nSPS) is 14.4. The molecule has 2 aromatic rings. The number of aryl methyl sites for hydroxylation is 1. The van der Waals surface area contributed by atoms with E-state index in [9.17, 15) is 4.39 Å². The monoisotopic (exact) mass is 305 g/mol. The largest absolute Gasteiger partial charge is 0.488 e. The number of hydrogen-bond donors (Lipinski definition) is 1. The van der Waals surface area contributed by atoms with Gasteiger partial charge in [-0.1, -0.05) is 6.92 Å². The van der Waals surface area contributed by atoms with Gasteiger partial charge in [-0.3, -0.25) is 0 Å². The quantitative estimate of drug-likeness (QED) is 0.824. The first-order valence-electron chi connectivity index (χ1n) is 7.47. The van der Waals surface area contributed by atoms with Crippen molar-refractivity contribution in [2.45, 2.75) is 45.4 Å². The fraction of sp³-hybridized carbons (Fsp3) is 0.412. The van der Waals surface area contributed by atoms with Crippen LogP contribution in [-0.2, 0) is 19.6 Å². The van der Waals surface area contributed by atoms with Gasteiger partial charge in [-0.05, 0) is 49.6 Å². The minimum absolute atomic E-state index is 0.209. The molecule has 4 heteroatoms. The molecule has 1 aliphatic rings. The van der Waals surface area contributed by atoms with Crippen LogP contribution in [0.4, 0.5) is 4.39 Å². The van der Waals surface area contributed by atoms with E-state index in [4.69, 9.17) is 4.74 Å². The highest BCUT2D eigenvalue weighted by Crippen LogP contribution is 2.25. The summed E-state index contributed by atoms with van der Waals surface area (Å²) in [5.74, 6) is 0.565. The van der Waals surface area contributed by atoms with E-state index < -0.39 is 0 Å². The molecule has 1 fully saturated rings. The van der Waals surface area contributed by atoms with Crippen molar-refractivity contribution in [3.63, 3.8) is 0 Å². The van der Waals surface area contributed by atoms with E-state index in [1.807, 2.05) is 0 Å². The van der Waals surface area contributed by atoms with Crippen LogP contribution in [0.15, 0.2) is 30.3 Å². The van der Waals surface area contributed by atoms with Crippen LogP contribution in [0.1, 0.15) is 35.1 Å². The van der Waals surface area contributed by atoms with Gasteiger partial charge in [-0.25, -0.2) is 4.39 Å². The van der Waals surface area contributed by atoms with Gasteiger partial charge in [0.1, 0.15) is 18.2 Å². The van der Waals surface area contributed by atoms with Crippen molar-refractivity contribution >= 4 is 11.3 Å². The first-order valence-corrected chi connectivity index (χ1v) is 8.28. The second-order valence-corrected chi connectivity index (χ2v) is 6.67. The van der Waals surface area contributed by atoms with Gasteiger partial charge in [0.05, 0.1) is 0 Å². The lowest BCUT2D eigenvalue weighted by atomic mass is 10.2. The summed E-state index contributed by atoms with van der Waals surface area (Å²) < 4.78 is 19.3. The molecule has 3 rings (SSSR count). The molecule has 1 heterocycles. The summed E-state index contributed by atoms with van der Waals surface area (Å²) in [6.07, 6.45) is 3.50. The summed E-state index contributed by atoms with van der Waals surface area (Å²) in [6.45, 7) is 3.37. The minimum Gasteiger partial charge on any atom is -0.488 e. The maximum atomic E-state index is 13.4. The number of rotatable bonds is 7. The van der Waals surface area contributed by atoms with Crippen LogP contribution in [0.2, 0.25) is 0 Å². The van der Waals surface area contributed by atoms with Crippen LogP contribution < -0.4 is 10.1 Å². The molecule has 0 amide bonds. The van der Waals surface area contributed by atoms with Crippen LogP contribution in [0, 0.1) is 5.82 Å². The Morgan fingerprint density at radius 2 is 2.05 bits per heavy atom. The highest BCUT2D eigenvalue weighted by atomic mass is 32.1. The minimum atomic E-state index is -0.209. The van der Waals surface area contributed by atoms with E-state index in [2.05, 4.69) is 24.4 Å². The van der Waals surface area contributed by atoms with Crippen LogP contribution in [-0.4, -0.2) is 6.04 Å². The smallest absolute Gasteiger partial charge is 0.124 e. The van der Waals surface area contributed by atoms with Crippen molar-refractivity contribution in [1.29, 1.82) is 0 Å². The van der Waals surface area contributed by atoms with Crippen LogP contribution >= 0.6 is 11.3 Å². The maximum absolute atomic E-state index is 13.4. The molecular formula is C17H20FNOS. The van der Waals surface area contributed by atoms with Crippen molar-refractivity contribution < 1.29 is 9.13 Å². The molecule has 0 saturated heterocycles. The molecule has 0 unspecified atom stereocenters. The van der Waals surface area contributed by atoms with E-state index in [0.29, 0.717) is 19.2 Å². The molecule has 1 N–H and O–H groups in total. The van der Waals surface area contributed by atoms with Crippen LogP contribution in [0.3, 0.4) is 0 Å². The van der Waals surface area contributed by atoms with Crippen molar-refractivity contribution in [3.05, 3.63) is 51.5 Å². The number of nitrogens with one attached hydrogen (secondary N) is 1. The number of thiophene rings is 1. The van der Waals surface area contributed by atoms with E-state index in [0.717, 1.165) is 17.7 Å². The Balaban J connectivity index is 1.65. The van der Waals surface area contributed by atoms with Crippen LogP contribution in [0.5, 0.6) is 5.75 Å². The topological polar surface area (TPSA) is 21.3 Å². The Morgan fingerprint density at radius 1 is 1.24 bits per heavy atom. The third-order valence-corrected chi connectivity index (χ3v) is 4.82. The number of ether oxygens (including phenoxy) is 1. The lowest BCUT2D eigenvalue weighted by molar-refractivity contribution is 0.305. The lowest BCUT2D eigenvalue weighted by Gasteiger charge is -2.11. The van der Waals surface area contributed by atoms with Gasteiger partial charge in [0.2, 0.25) is 0 Å². The highest BCUT2D eigenvalue weighted by molar-refractivity contribution is 7.11. The van der Waals surface area contributed by atoms with E-state index in [1.165, 1.54) is 28.7 Å². The summed E-state index contributed by atoms with van der Waals surface area (Å²) in [7, 11) is 0. The molecule has 2 nitrogen and oxygen atoms in total. The summed E-state index contributed by atoms with van der Waals surface area (Å²) in [4.78, 5) is 2.57. The molecule has 0 atom stereocenters. The second-order valence-electron chi connectivity index (χ2n) is 5.42. The highest BCUT2D eigenvalue weighted by Gasteiger charge is 2.20. The van der Waals surface area contributed by atoms with Crippen molar-refractivity contribution in [2.75, 3.05) is 0 Å². The van der Waals surface area contributed by atoms with E-state index in [-0.39, 0.29) is 5.82 Å². The molecular weight excluding hydrogens is 285 g/mol. The molecule has 1 aromatic carbocycles. The van der Waals surface area contributed by atoms with Gasteiger partial charge in [0.15, 0.2) is 0 Å². The van der Waals surface area contributed by atoms with Gasteiger partial charge in [-0.15, -0.1) is 11.3 Å². The summed E-state index contributed by atoms with van der Waals surface area (Å²) in [5, 5.41) is 3.41. The van der Waals surface area contributed by atoms with Crippen molar-refractivity contribution in [1.82, 2.24) is 5.32 Å². The molecule has 0 aliphatic heterocycles. The number of hydrogen-bond acceptors (Lipinski definition) is 3. The zero-order valence-electron chi connectivity index (χ0n) is 12.2. The third kappa shape index (κ3) is 4.05. The average molecular weight is 305 g/mol. The maximum Gasteiger partial charge on any atom is 0.124 e. The van der Waals surface area contributed by atoms with E-state index >= 15 is 0 Å². The molecule has 1 aliphatic carbocycles. The number of halogens is 1. The average Bonchev–Trinajstić information content (AvgIpc) is 3.21. The Bertz CT molecular complexity index is 607. The van der Waals surface area contributed by atoms with Gasteiger partial charge in [0, 0.05) is 27.9 Å². The first-order chi connectivity index (χ1) is 10.2. The molecule has 0 spiro atoms. The Labute approximate surface area is 129 Å². The fourth-order valence-corrected chi connectivity index (χ4v) is 3.08. The predicted octanol–water partition coefficient (Wildman–Crippen LogP) is 4.28. The third-order valence-electron chi connectivity index (χ3n) is 3.62. The summed E-state index contributed by atoms with van der Waals surface area (Å²) >= 11 is 1.77. The number of benzene rings is 1. The summed E-state index contributed by atoms with van der Waals surface area (Å²) in [6, 6.07) is 9.61. The van der Waals surface area contributed by atoms with Crippen molar-refractivity contribution in [3.8, 4) is 5.75 Å². The molecule has 112 valence electrons. The first kappa shape index (κ1) is 14.5. The van der Waals surface area contributed by atoms with E-state index in [1.54, 1.807) is 23.5 Å². The van der Waals surface area contributed by atoms with Crippen molar-refractivity contribution in [2.24, 2.45) is 0 Å². The lowest BCUT2D eigenvalue weighted by Crippen LogP contribution is -2.16. The molecule has 0 radical (unpaired) electrons. The van der Waals surface area contributed by atoms with Crippen LogP contribution in [0.25, 0.3) is 0 Å². The Hall–Kier alpha value is -1.39. The zero-order valence-corrected chi connectivity index (χ0v) is 13.0. The predicted molar refractivity (Wildman–Crippen MR) is 84.3 cm³/mol. The molecule has 1 aromatic heterocycles.